The van der Waals surface area contributed by atoms with Crippen molar-refractivity contribution in [1.29, 1.82) is 0 Å². The van der Waals surface area contributed by atoms with E-state index in [1.165, 1.54) is 11.8 Å². The Bertz CT molecular complexity index is 1050. The van der Waals surface area contributed by atoms with Gasteiger partial charge in [0.1, 0.15) is 5.58 Å². The van der Waals surface area contributed by atoms with E-state index in [-0.39, 0.29) is 5.63 Å². The van der Waals surface area contributed by atoms with Gasteiger partial charge in [0.15, 0.2) is 5.16 Å². The maximum absolute atomic E-state index is 12.3. The van der Waals surface area contributed by atoms with E-state index in [1.54, 1.807) is 6.07 Å². The van der Waals surface area contributed by atoms with Gasteiger partial charge in [-0.3, -0.25) is 0 Å². The number of nitrogens with one attached hydrogen (secondary N) is 1. The monoisotopic (exact) mass is 308 g/mol. The second-order valence-electron chi connectivity index (χ2n) is 4.93. The highest BCUT2D eigenvalue weighted by atomic mass is 32.2. The number of imidazole rings is 1. The third kappa shape index (κ3) is 2.02. The lowest BCUT2D eigenvalue weighted by Crippen LogP contribution is -2.02. The van der Waals surface area contributed by atoms with Crippen LogP contribution in [0.4, 0.5) is 0 Å². The Morgan fingerprint density at radius 3 is 2.82 bits per heavy atom. The standard InChI is InChI=1S/C17H12N2O2S/c1-22-17-18-13-7-4-6-11(15(13)19-17)12-9-10-5-2-3-8-14(10)21-16(12)20/h2-9H,1H3,(H,18,19). The minimum absolute atomic E-state index is 0.347. The summed E-state index contributed by atoms with van der Waals surface area (Å²) in [5.41, 5.74) is 3.26. The van der Waals surface area contributed by atoms with E-state index < -0.39 is 0 Å². The number of aromatic nitrogens is 2. The van der Waals surface area contributed by atoms with Gasteiger partial charge in [0.05, 0.1) is 16.6 Å². The van der Waals surface area contributed by atoms with E-state index in [1.807, 2.05) is 48.7 Å². The number of fused-ring (bicyclic) bond motifs is 2. The summed E-state index contributed by atoms with van der Waals surface area (Å²) in [5.74, 6) is 0. The largest absolute Gasteiger partial charge is 0.422 e. The summed E-state index contributed by atoms with van der Waals surface area (Å²) >= 11 is 1.54. The van der Waals surface area contributed by atoms with Gasteiger partial charge in [-0.15, -0.1) is 0 Å². The molecule has 4 aromatic rings. The Morgan fingerprint density at radius 1 is 1.09 bits per heavy atom. The molecule has 4 nitrogen and oxygen atoms in total. The van der Waals surface area contributed by atoms with E-state index >= 15 is 0 Å². The van der Waals surface area contributed by atoms with Gasteiger partial charge in [-0.1, -0.05) is 42.1 Å². The first-order valence-corrected chi connectivity index (χ1v) is 8.05. The number of aromatic amines is 1. The van der Waals surface area contributed by atoms with Crippen molar-refractivity contribution in [3.63, 3.8) is 0 Å². The number of nitrogens with zero attached hydrogens (tertiary/aromatic N) is 1. The molecule has 0 saturated heterocycles. The van der Waals surface area contributed by atoms with Crippen molar-refractivity contribution in [1.82, 2.24) is 9.97 Å². The van der Waals surface area contributed by atoms with Crippen LogP contribution in [0.5, 0.6) is 0 Å². The zero-order chi connectivity index (χ0) is 15.1. The Labute approximate surface area is 130 Å². The maximum Gasteiger partial charge on any atom is 0.344 e. The molecule has 108 valence electrons. The molecule has 0 unspecified atom stereocenters. The van der Waals surface area contributed by atoms with Crippen molar-refractivity contribution in [2.24, 2.45) is 0 Å². The van der Waals surface area contributed by atoms with Crippen LogP contribution in [-0.4, -0.2) is 16.2 Å². The molecule has 2 heterocycles. The maximum atomic E-state index is 12.3. The van der Waals surface area contributed by atoms with Crippen LogP contribution in [0.1, 0.15) is 0 Å². The summed E-state index contributed by atoms with van der Waals surface area (Å²) in [6.45, 7) is 0. The first-order valence-electron chi connectivity index (χ1n) is 6.82. The third-order valence-electron chi connectivity index (χ3n) is 3.62. The van der Waals surface area contributed by atoms with Gasteiger partial charge >= 0.3 is 5.63 Å². The summed E-state index contributed by atoms with van der Waals surface area (Å²) in [6.07, 6.45) is 1.96. The predicted octanol–water partition coefficient (Wildman–Crippen LogP) is 4.06. The quantitative estimate of drug-likeness (QED) is 0.448. The van der Waals surface area contributed by atoms with Crippen LogP contribution >= 0.6 is 11.8 Å². The van der Waals surface area contributed by atoms with E-state index in [0.717, 1.165) is 27.1 Å². The summed E-state index contributed by atoms with van der Waals surface area (Å²) < 4.78 is 5.43. The van der Waals surface area contributed by atoms with Crippen molar-refractivity contribution in [3.05, 3.63) is 59.0 Å². The molecule has 22 heavy (non-hydrogen) atoms. The molecule has 2 aromatic heterocycles. The lowest BCUT2D eigenvalue weighted by atomic mass is 10.0. The van der Waals surface area contributed by atoms with Gasteiger partial charge in [-0.05, 0) is 24.5 Å². The summed E-state index contributed by atoms with van der Waals surface area (Å²) in [6, 6.07) is 15.1. The molecule has 0 radical (unpaired) electrons. The van der Waals surface area contributed by atoms with Crippen LogP contribution in [0.15, 0.2) is 62.9 Å². The molecule has 5 heteroatoms. The highest BCUT2D eigenvalue weighted by Gasteiger charge is 2.13. The van der Waals surface area contributed by atoms with Crippen LogP contribution < -0.4 is 5.63 Å². The molecule has 0 bridgehead atoms. The average Bonchev–Trinajstić information content (AvgIpc) is 2.97. The minimum atomic E-state index is -0.347. The first-order chi connectivity index (χ1) is 10.8. The molecule has 0 amide bonds. The van der Waals surface area contributed by atoms with Crippen LogP contribution in [0, 0.1) is 0 Å². The summed E-state index contributed by atoms with van der Waals surface area (Å²) in [5, 5.41) is 1.72. The van der Waals surface area contributed by atoms with Crippen LogP contribution in [0.3, 0.4) is 0 Å². The van der Waals surface area contributed by atoms with E-state index in [9.17, 15) is 4.79 Å². The van der Waals surface area contributed by atoms with E-state index in [4.69, 9.17) is 4.42 Å². The van der Waals surface area contributed by atoms with Crippen molar-refractivity contribution >= 4 is 33.8 Å². The van der Waals surface area contributed by atoms with Gasteiger partial charge in [0.25, 0.3) is 0 Å². The fraction of sp³-hybridized carbons (Fsp3) is 0.0588. The Morgan fingerprint density at radius 2 is 1.95 bits per heavy atom. The number of hydrogen-bond acceptors (Lipinski definition) is 4. The van der Waals surface area contributed by atoms with Crippen LogP contribution in [-0.2, 0) is 0 Å². The van der Waals surface area contributed by atoms with Crippen molar-refractivity contribution in [2.75, 3.05) is 6.26 Å². The van der Waals surface area contributed by atoms with Crippen molar-refractivity contribution in [3.8, 4) is 11.1 Å². The molecule has 2 aromatic carbocycles. The number of para-hydroxylation sites is 2. The SMILES string of the molecule is CSc1nc2c(-c3cc4ccccc4oc3=O)cccc2[nH]1. The Kier molecular flexibility index (Phi) is 3.01. The van der Waals surface area contributed by atoms with Gasteiger partial charge in [-0.2, -0.15) is 0 Å². The first kappa shape index (κ1) is 13.2. The normalized spacial score (nSPS) is 11.3. The van der Waals surface area contributed by atoms with Crippen LogP contribution in [0.2, 0.25) is 0 Å². The molecule has 0 aliphatic heterocycles. The molecule has 0 spiro atoms. The highest BCUT2D eigenvalue weighted by Crippen LogP contribution is 2.28. The molecule has 1 N–H and O–H groups in total. The smallest absolute Gasteiger partial charge is 0.344 e. The van der Waals surface area contributed by atoms with Crippen molar-refractivity contribution < 1.29 is 4.42 Å². The fourth-order valence-electron chi connectivity index (χ4n) is 2.57. The van der Waals surface area contributed by atoms with Gasteiger partial charge in [0, 0.05) is 10.9 Å². The zero-order valence-electron chi connectivity index (χ0n) is 11.8. The molecule has 0 saturated carbocycles. The highest BCUT2D eigenvalue weighted by molar-refractivity contribution is 7.98. The number of thioether (sulfide) groups is 1. The molecular weight excluding hydrogens is 296 g/mol. The Hall–Kier alpha value is -2.53. The molecule has 0 aliphatic carbocycles. The number of rotatable bonds is 2. The predicted molar refractivity (Wildman–Crippen MR) is 89.4 cm³/mol. The molecule has 4 rings (SSSR count). The fourth-order valence-corrected chi connectivity index (χ4v) is 2.97. The molecule has 0 aliphatic rings. The van der Waals surface area contributed by atoms with Crippen LogP contribution in [0.25, 0.3) is 33.1 Å². The Balaban J connectivity index is 2.04. The van der Waals surface area contributed by atoms with Gasteiger partial charge in [-0.25, -0.2) is 9.78 Å². The number of hydrogen-bond donors (Lipinski definition) is 1. The minimum Gasteiger partial charge on any atom is -0.422 e. The summed E-state index contributed by atoms with van der Waals surface area (Å²) in [4.78, 5) is 20.1. The number of benzene rings is 2. The second-order valence-corrected chi connectivity index (χ2v) is 5.73. The average molecular weight is 308 g/mol. The second kappa shape index (κ2) is 5.03. The zero-order valence-corrected chi connectivity index (χ0v) is 12.6. The topological polar surface area (TPSA) is 58.9 Å². The lowest BCUT2D eigenvalue weighted by molar-refractivity contribution is 0.563. The third-order valence-corrected chi connectivity index (χ3v) is 4.20. The molecular formula is C17H12N2O2S. The summed E-state index contributed by atoms with van der Waals surface area (Å²) in [7, 11) is 0. The number of H-pyrrole nitrogens is 1. The molecule has 0 fully saturated rings. The van der Waals surface area contributed by atoms with Gasteiger partial charge < -0.3 is 9.40 Å². The van der Waals surface area contributed by atoms with Gasteiger partial charge in [0.2, 0.25) is 0 Å². The lowest BCUT2D eigenvalue weighted by Gasteiger charge is -2.03. The van der Waals surface area contributed by atoms with E-state index in [0.29, 0.717) is 11.1 Å². The van der Waals surface area contributed by atoms with E-state index in [2.05, 4.69) is 9.97 Å². The van der Waals surface area contributed by atoms with Crippen molar-refractivity contribution in [2.45, 2.75) is 5.16 Å². The molecule has 0 atom stereocenters.